The molecule has 0 unspecified atom stereocenters. The van der Waals surface area contributed by atoms with Crippen LogP contribution in [-0.4, -0.2) is 6.04 Å². The minimum atomic E-state index is -0.606. The Labute approximate surface area is 104 Å². The highest BCUT2D eigenvalue weighted by molar-refractivity contribution is 5.59. The quantitative estimate of drug-likeness (QED) is 0.897. The Morgan fingerprint density at radius 2 is 1.83 bits per heavy atom. The van der Waals surface area contributed by atoms with Crippen LogP contribution in [0.2, 0.25) is 0 Å². The van der Waals surface area contributed by atoms with Gasteiger partial charge in [0.05, 0.1) is 12.1 Å². The van der Waals surface area contributed by atoms with Crippen LogP contribution in [0, 0.1) is 11.6 Å². The third-order valence-corrected chi connectivity index (χ3v) is 3.01. The topological polar surface area (TPSA) is 25.2 Å². The summed E-state index contributed by atoms with van der Waals surface area (Å²) < 4.78 is 32.6. The summed E-state index contributed by atoms with van der Waals surface area (Å²) in [5.41, 5.74) is -0.102. The number of nitrogens with one attached hydrogen (secondary N) is 1. The lowest BCUT2D eigenvalue weighted by Crippen LogP contribution is -2.14. The Kier molecular flexibility index (Phi) is 2.88. The molecule has 1 fully saturated rings. The Bertz CT molecular complexity index is 540. The second-order valence-electron chi connectivity index (χ2n) is 4.52. The van der Waals surface area contributed by atoms with E-state index < -0.39 is 11.6 Å². The van der Waals surface area contributed by atoms with Crippen LogP contribution in [0.5, 0.6) is 0 Å². The summed E-state index contributed by atoms with van der Waals surface area (Å²) in [5.74, 6) is -0.283. The SMILES string of the molecule is Fc1cccc(F)c1-c1ccc(CNC2CC2)o1. The van der Waals surface area contributed by atoms with Gasteiger partial charge in [-0.25, -0.2) is 8.78 Å². The second-order valence-corrected chi connectivity index (χ2v) is 4.52. The van der Waals surface area contributed by atoms with Gasteiger partial charge in [0.15, 0.2) is 0 Å². The standard InChI is InChI=1S/C14H13F2NO/c15-11-2-1-3-12(16)14(11)13-7-6-10(18-13)8-17-9-4-5-9/h1-3,6-7,9,17H,4-5,8H2. The zero-order chi connectivity index (χ0) is 12.5. The summed E-state index contributed by atoms with van der Waals surface area (Å²) >= 11 is 0. The van der Waals surface area contributed by atoms with Crippen molar-refractivity contribution in [2.45, 2.75) is 25.4 Å². The molecule has 0 spiro atoms. The van der Waals surface area contributed by atoms with Crippen LogP contribution >= 0.6 is 0 Å². The van der Waals surface area contributed by atoms with Crippen molar-refractivity contribution >= 4 is 0 Å². The highest BCUT2D eigenvalue weighted by atomic mass is 19.1. The molecule has 1 saturated carbocycles. The van der Waals surface area contributed by atoms with Crippen LogP contribution in [0.25, 0.3) is 11.3 Å². The number of halogens is 2. The smallest absolute Gasteiger partial charge is 0.140 e. The Morgan fingerprint density at radius 1 is 1.11 bits per heavy atom. The molecule has 2 aromatic rings. The highest BCUT2D eigenvalue weighted by Crippen LogP contribution is 2.28. The van der Waals surface area contributed by atoms with E-state index in [-0.39, 0.29) is 11.3 Å². The van der Waals surface area contributed by atoms with Crippen molar-refractivity contribution in [1.82, 2.24) is 5.32 Å². The third kappa shape index (κ3) is 2.29. The van der Waals surface area contributed by atoms with Crippen molar-refractivity contribution in [3.63, 3.8) is 0 Å². The van der Waals surface area contributed by atoms with Crippen molar-refractivity contribution in [2.24, 2.45) is 0 Å². The van der Waals surface area contributed by atoms with Gasteiger partial charge >= 0.3 is 0 Å². The first-order chi connectivity index (χ1) is 8.74. The minimum absolute atomic E-state index is 0.102. The largest absolute Gasteiger partial charge is 0.460 e. The molecule has 3 rings (SSSR count). The predicted octanol–water partition coefficient (Wildman–Crippen LogP) is 3.48. The molecule has 0 saturated heterocycles. The van der Waals surface area contributed by atoms with E-state index in [9.17, 15) is 8.78 Å². The van der Waals surface area contributed by atoms with E-state index in [0.29, 0.717) is 18.3 Å². The normalized spacial score (nSPS) is 15.0. The van der Waals surface area contributed by atoms with E-state index in [2.05, 4.69) is 5.32 Å². The molecule has 94 valence electrons. The maximum Gasteiger partial charge on any atom is 0.140 e. The lowest BCUT2D eigenvalue weighted by molar-refractivity contribution is 0.484. The summed E-state index contributed by atoms with van der Waals surface area (Å²) in [6.45, 7) is 0.598. The van der Waals surface area contributed by atoms with Crippen LogP contribution in [0.15, 0.2) is 34.7 Å². The second kappa shape index (κ2) is 4.53. The Balaban J connectivity index is 1.83. The first kappa shape index (κ1) is 11.4. The molecule has 0 amide bonds. The molecule has 1 heterocycles. The average molecular weight is 249 g/mol. The van der Waals surface area contributed by atoms with Gasteiger partial charge in [0.2, 0.25) is 0 Å². The van der Waals surface area contributed by atoms with Gasteiger partial charge in [-0.2, -0.15) is 0 Å². The van der Waals surface area contributed by atoms with Gasteiger partial charge in [-0.1, -0.05) is 6.07 Å². The summed E-state index contributed by atoms with van der Waals surface area (Å²) in [6, 6.07) is 7.71. The van der Waals surface area contributed by atoms with E-state index in [4.69, 9.17) is 4.42 Å². The van der Waals surface area contributed by atoms with Crippen molar-refractivity contribution < 1.29 is 13.2 Å². The molecular formula is C14H13F2NO. The van der Waals surface area contributed by atoms with Gasteiger partial charge < -0.3 is 9.73 Å². The molecule has 0 aliphatic heterocycles. The van der Waals surface area contributed by atoms with Crippen LogP contribution in [0.3, 0.4) is 0 Å². The lowest BCUT2D eigenvalue weighted by atomic mass is 10.1. The van der Waals surface area contributed by atoms with E-state index in [1.807, 2.05) is 0 Å². The van der Waals surface area contributed by atoms with Crippen molar-refractivity contribution in [3.05, 3.63) is 47.7 Å². The lowest BCUT2D eigenvalue weighted by Gasteiger charge is -2.02. The monoisotopic (exact) mass is 249 g/mol. The summed E-state index contributed by atoms with van der Waals surface area (Å²) in [7, 11) is 0. The first-order valence-corrected chi connectivity index (χ1v) is 6.00. The van der Waals surface area contributed by atoms with Crippen molar-refractivity contribution in [1.29, 1.82) is 0 Å². The van der Waals surface area contributed by atoms with Crippen LogP contribution in [0.4, 0.5) is 8.78 Å². The molecule has 2 nitrogen and oxygen atoms in total. The summed E-state index contributed by atoms with van der Waals surface area (Å²) in [5, 5.41) is 3.29. The fraction of sp³-hybridized carbons (Fsp3) is 0.286. The molecule has 0 bridgehead atoms. The zero-order valence-corrected chi connectivity index (χ0v) is 9.75. The maximum absolute atomic E-state index is 13.6. The molecule has 18 heavy (non-hydrogen) atoms. The van der Waals surface area contributed by atoms with E-state index in [1.54, 1.807) is 12.1 Å². The van der Waals surface area contributed by atoms with Crippen molar-refractivity contribution in [2.75, 3.05) is 0 Å². The van der Waals surface area contributed by atoms with Gasteiger partial charge in [-0.15, -0.1) is 0 Å². The average Bonchev–Trinajstić information content (AvgIpc) is 3.06. The zero-order valence-electron chi connectivity index (χ0n) is 9.75. The number of hydrogen-bond donors (Lipinski definition) is 1. The third-order valence-electron chi connectivity index (χ3n) is 3.01. The number of benzene rings is 1. The molecule has 4 heteroatoms. The Hall–Kier alpha value is -1.68. The molecular weight excluding hydrogens is 236 g/mol. The van der Waals surface area contributed by atoms with Gasteiger partial charge in [-0.05, 0) is 37.1 Å². The van der Waals surface area contributed by atoms with Crippen molar-refractivity contribution in [3.8, 4) is 11.3 Å². The molecule has 0 atom stereocenters. The highest BCUT2D eigenvalue weighted by Gasteiger charge is 2.21. The van der Waals surface area contributed by atoms with Gasteiger partial charge in [-0.3, -0.25) is 0 Å². The summed E-state index contributed by atoms with van der Waals surface area (Å²) in [4.78, 5) is 0. The Morgan fingerprint density at radius 3 is 2.50 bits per heavy atom. The van der Waals surface area contributed by atoms with Crippen LogP contribution < -0.4 is 5.32 Å². The predicted molar refractivity (Wildman–Crippen MR) is 63.9 cm³/mol. The molecule has 1 aromatic carbocycles. The van der Waals surface area contributed by atoms with Gasteiger partial charge in [0.25, 0.3) is 0 Å². The summed E-state index contributed by atoms with van der Waals surface area (Å²) in [6.07, 6.45) is 2.38. The molecule has 1 N–H and O–H groups in total. The van der Waals surface area contributed by atoms with Gasteiger partial charge in [0.1, 0.15) is 23.2 Å². The number of furan rings is 1. The molecule has 1 aliphatic rings. The van der Waals surface area contributed by atoms with E-state index in [0.717, 1.165) is 0 Å². The maximum atomic E-state index is 13.6. The number of hydrogen-bond acceptors (Lipinski definition) is 2. The molecule has 1 aliphatic carbocycles. The van der Waals surface area contributed by atoms with Crippen LogP contribution in [0.1, 0.15) is 18.6 Å². The molecule has 0 radical (unpaired) electrons. The molecule has 1 aromatic heterocycles. The number of rotatable bonds is 4. The van der Waals surface area contributed by atoms with Crippen LogP contribution in [-0.2, 0) is 6.54 Å². The fourth-order valence-corrected chi connectivity index (χ4v) is 1.87. The van der Waals surface area contributed by atoms with E-state index >= 15 is 0 Å². The fourth-order valence-electron chi connectivity index (χ4n) is 1.87. The van der Waals surface area contributed by atoms with E-state index in [1.165, 1.54) is 31.0 Å². The van der Waals surface area contributed by atoms with Gasteiger partial charge in [0, 0.05) is 6.04 Å². The minimum Gasteiger partial charge on any atom is -0.460 e. The first-order valence-electron chi connectivity index (χ1n) is 6.00.